The van der Waals surface area contributed by atoms with Gasteiger partial charge in [0.05, 0.1) is 6.61 Å². The first kappa shape index (κ1) is 15.5. The lowest BCUT2D eigenvalue weighted by Crippen LogP contribution is -2.07. The molecule has 0 fully saturated rings. The molecule has 0 amide bonds. The third kappa shape index (κ3) is 4.24. The van der Waals surface area contributed by atoms with Gasteiger partial charge in [0.25, 0.3) is 0 Å². The fraction of sp³-hybridized carbons (Fsp3) is 0.400. The molecule has 0 saturated carbocycles. The highest BCUT2D eigenvalue weighted by Crippen LogP contribution is 2.24. The van der Waals surface area contributed by atoms with Crippen molar-refractivity contribution < 1.29 is 14.0 Å². The first-order chi connectivity index (χ1) is 8.97. The lowest BCUT2D eigenvalue weighted by atomic mass is 9.99. The van der Waals surface area contributed by atoms with Gasteiger partial charge in [0.15, 0.2) is 0 Å². The van der Waals surface area contributed by atoms with E-state index in [2.05, 4.69) is 26.5 Å². The fourth-order valence-corrected chi connectivity index (χ4v) is 2.34. The van der Waals surface area contributed by atoms with Crippen LogP contribution in [0.25, 0.3) is 0 Å². The molecule has 0 aliphatic heterocycles. The molecule has 4 heteroatoms. The van der Waals surface area contributed by atoms with E-state index in [0.717, 1.165) is 18.6 Å². The van der Waals surface area contributed by atoms with Crippen molar-refractivity contribution >= 4 is 16.5 Å². The molecule has 0 saturated heterocycles. The summed E-state index contributed by atoms with van der Waals surface area (Å²) in [6, 6.07) is 4.11. The van der Waals surface area contributed by atoms with Crippen LogP contribution in [-0.2, 0) is 16.0 Å². The van der Waals surface area contributed by atoms with Crippen molar-refractivity contribution in [3.05, 3.63) is 41.0 Å². The van der Waals surface area contributed by atoms with Gasteiger partial charge in [-0.3, -0.25) is 0 Å². The molecule has 19 heavy (non-hydrogen) atoms. The lowest BCUT2D eigenvalue weighted by molar-refractivity contribution is -0.139. The zero-order chi connectivity index (χ0) is 14.4. The third-order valence-corrected chi connectivity index (χ3v) is 3.68. The Morgan fingerprint density at radius 1 is 1.32 bits per heavy atom. The van der Waals surface area contributed by atoms with Crippen LogP contribution in [0.3, 0.4) is 0 Å². The van der Waals surface area contributed by atoms with Crippen LogP contribution in [0, 0.1) is 13.8 Å². The Morgan fingerprint density at radius 3 is 2.58 bits per heavy atom. The van der Waals surface area contributed by atoms with Crippen LogP contribution in [-0.4, -0.2) is 23.1 Å². The Kier molecular flexibility index (Phi) is 5.82. The molecule has 0 aliphatic rings. The number of rotatable bonds is 6. The highest BCUT2D eigenvalue weighted by Gasteiger charge is 2.07. The smallest absolute Gasteiger partial charge is 0.333 e. The highest BCUT2D eigenvalue weighted by atomic mass is 28.2. The number of hydrogen-bond acceptors (Lipinski definition) is 3. The van der Waals surface area contributed by atoms with E-state index >= 15 is 0 Å². The van der Waals surface area contributed by atoms with Gasteiger partial charge in [0.1, 0.15) is 5.75 Å². The molecular formula is C15H22O3Si. The summed E-state index contributed by atoms with van der Waals surface area (Å²) in [5, 5.41) is 0. The van der Waals surface area contributed by atoms with Crippen LogP contribution in [0.4, 0.5) is 0 Å². The standard InChI is InChI=1S/C15H22O3Si/c1-10(2)15(16)17-9-5-6-13-7-8-14(18-19)12(4)11(13)3/h7-8H,1,5-6,9H2,2-4,19H3. The second-order valence-corrected chi connectivity index (χ2v) is 5.10. The maximum absolute atomic E-state index is 11.2. The average molecular weight is 278 g/mol. The Balaban J connectivity index is 2.53. The predicted molar refractivity (Wildman–Crippen MR) is 80.6 cm³/mol. The summed E-state index contributed by atoms with van der Waals surface area (Å²) < 4.78 is 10.5. The van der Waals surface area contributed by atoms with Crippen molar-refractivity contribution in [2.75, 3.05) is 6.61 Å². The topological polar surface area (TPSA) is 35.5 Å². The van der Waals surface area contributed by atoms with Gasteiger partial charge < -0.3 is 9.16 Å². The summed E-state index contributed by atoms with van der Waals surface area (Å²) in [5.74, 6) is 0.661. The lowest BCUT2D eigenvalue weighted by Gasteiger charge is -2.13. The van der Waals surface area contributed by atoms with Crippen molar-refractivity contribution in [1.29, 1.82) is 0 Å². The largest absolute Gasteiger partial charge is 0.553 e. The van der Waals surface area contributed by atoms with Crippen LogP contribution in [0.1, 0.15) is 30.0 Å². The van der Waals surface area contributed by atoms with Gasteiger partial charge >= 0.3 is 5.97 Å². The van der Waals surface area contributed by atoms with Gasteiger partial charge in [-0.1, -0.05) is 12.6 Å². The molecule has 1 aromatic rings. The fourth-order valence-electron chi connectivity index (χ4n) is 1.89. The average Bonchev–Trinajstić information content (AvgIpc) is 2.39. The van der Waals surface area contributed by atoms with Crippen molar-refractivity contribution in [3.8, 4) is 5.75 Å². The Bertz CT molecular complexity index is 481. The Morgan fingerprint density at radius 2 is 2.00 bits per heavy atom. The summed E-state index contributed by atoms with van der Waals surface area (Å²) in [7, 11) is 0.705. The Hall–Kier alpha value is -1.55. The van der Waals surface area contributed by atoms with E-state index in [9.17, 15) is 4.79 Å². The summed E-state index contributed by atoms with van der Waals surface area (Å²) in [4.78, 5) is 11.2. The molecule has 0 radical (unpaired) electrons. The minimum absolute atomic E-state index is 0.312. The van der Waals surface area contributed by atoms with Gasteiger partial charge in [0.2, 0.25) is 10.5 Å². The number of hydrogen-bond donors (Lipinski definition) is 0. The first-order valence-corrected chi connectivity index (χ1v) is 7.24. The predicted octanol–water partition coefficient (Wildman–Crippen LogP) is 2.01. The quantitative estimate of drug-likeness (QED) is 0.346. The minimum atomic E-state index is -0.312. The molecule has 0 N–H and O–H groups in total. The first-order valence-electron chi connectivity index (χ1n) is 6.43. The summed E-state index contributed by atoms with van der Waals surface area (Å²) >= 11 is 0. The summed E-state index contributed by atoms with van der Waals surface area (Å²) in [6.45, 7) is 9.82. The second-order valence-electron chi connectivity index (χ2n) is 4.70. The zero-order valence-electron chi connectivity index (χ0n) is 12.2. The number of ether oxygens (including phenoxy) is 1. The SMILES string of the molecule is C=C(C)C(=O)OCCCc1ccc(O[SiH3])c(C)c1C. The van der Waals surface area contributed by atoms with E-state index < -0.39 is 0 Å². The van der Waals surface area contributed by atoms with Crippen molar-refractivity contribution in [2.24, 2.45) is 0 Å². The van der Waals surface area contributed by atoms with Crippen LogP contribution in [0.2, 0.25) is 0 Å². The minimum Gasteiger partial charge on any atom is -0.553 e. The van der Waals surface area contributed by atoms with Gasteiger partial charge in [-0.15, -0.1) is 0 Å². The molecule has 0 aromatic heterocycles. The van der Waals surface area contributed by atoms with Crippen molar-refractivity contribution in [1.82, 2.24) is 0 Å². The molecule has 0 atom stereocenters. The normalized spacial score (nSPS) is 10.3. The number of carbonyl (C=O) groups excluding carboxylic acids is 1. The maximum atomic E-state index is 11.2. The number of benzene rings is 1. The molecule has 0 bridgehead atoms. The van der Waals surface area contributed by atoms with E-state index in [-0.39, 0.29) is 5.97 Å². The zero-order valence-corrected chi connectivity index (χ0v) is 14.2. The molecule has 0 spiro atoms. The second kappa shape index (κ2) is 7.14. The molecule has 0 heterocycles. The summed E-state index contributed by atoms with van der Waals surface area (Å²) in [6.07, 6.45) is 1.72. The summed E-state index contributed by atoms with van der Waals surface area (Å²) in [5.41, 5.74) is 4.19. The number of esters is 1. The van der Waals surface area contributed by atoms with E-state index in [1.165, 1.54) is 16.7 Å². The van der Waals surface area contributed by atoms with Gasteiger partial charge in [-0.05, 0) is 56.4 Å². The number of aryl methyl sites for hydroxylation is 1. The molecule has 1 rings (SSSR count). The highest BCUT2D eigenvalue weighted by molar-refractivity contribution is 6.00. The van der Waals surface area contributed by atoms with Crippen LogP contribution < -0.4 is 4.43 Å². The molecular weight excluding hydrogens is 256 g/mol. The molecule has 3 nitrogen and oxygen atoms in total. The van der Waals surface area contributed by atoms with E-state index in [4.69, 9.17) is 9.16 Å². The van der Waals surface area contributed by atoms with Crippen molar-refractivity contribution in [2.45, 2.75) is 33.6 Å². The van der Waals surface area contributed by atoms with E-state index in [1.807, 2.05) is 6.07 Å². The van der Waals surface area contributed by atoms with Crippen LogP contribution in [0.5, 0.6) is 5.75 Å². The van der Waals surface area contributed by atoms with Crippen LogP contribution in [0.15, 0.2) is 24.3 Å². The molecule has 104 valence electrons. The Labute approximate surface area is 118 Å². The van der Waals surface area contributed by atoms with Gasteiger partial charge in [-0.2, -0.15) is 0 Å². The van der Waals surface area contributed by atoms with E-state index in [0.29, 0.717) is 22.7 Å². The van der Waals surface area contributed by atoms with Gasteiger partial charge in [-0.25, -0.2) is 4.79 Å². The van der Waals surface area contributed by atoms with Crippen LogP contribution >= 0.6 is 0 Å². The maximum Gasteiger partial charge on any atom is 0.333 e. The third-order valence-electron chi connectivity index (χ3n) is 3.24. The van der Waals surface area contributed by atoms with Gasteiger partial charge in [0, 0.05) is 5.57 Å². The molecule has 1 aromatic carbocycles. The number of carbonyl (C=O) groups is 1. The molecule has 0 aliphatic carbocycles. The monoisotopic (exact) mass is 278 g/mol. The van der Waals surface area contributed by atoms with E-state index in [1.54, 1.807) is 6.92 Å². The molecule has 0 unspecified atom stereocenters. The van der Waals surface area contributed by atoms with Crippen molar-refractivity contribution in [3.63, 3.8) is 0 Å².